The van der Waals surface area contributed by atoms with Gasteiger partial charge in [-0.1, -0.05) is 38.1 Å². The fourth-order valence-electron chi connectivity index (χ4n) is 3.37. The molecule has 128 valence electrons. The Bertz CT molecular complexity index is 659. The van der Waals surface area contributed by atoms with Gasteiger partial charge in [-0.3, -0.25) is 4.79 Å². The molecule has 1 aliphatic rings. The van der Waals surface area contributed by atoms with E-state index in [1.807, 2.05) is 31.2 Å². The quantitative estimate of drug-likeness (QED) is 0.849. The summed E-state index contributed by atoms with van der Waals surface area (Å²) in [6, 6.07) is 7.43. The first-order valence-corrected chi connectivity index (χ1v) is 9.97. The van der Waals surface area contributed by atoms with E-state index in [0.29, 0.717) is 24.9 Å². The summed E-state index contributed by atoms with van der Waals surface area (Å²) < 4.78 is 25.3. The molecule has 23 heavy (non-hydrogen) atoms. The molecule has 3 atom stereocenters. The van der Waals surface area contributed by atoms with Crippen molar-refractivity contribution in [3.05, 3.63) is 35.4 Å². The fourth-order valence-corrected chi connectivity index (χ4v) is 4.83. The highest BCUT2D eigenvalue weighted by Crippen LogP contribution is 2.23. The van der Waals surface area contributed by atoms with E-state index in [-0.39, 0.29) is 11.7 Å². The number of likely N-dealkylation sites (tertiary alicyclic amines) is 1. The van der Waals surface area contributed by atoms with E-state index in [4.69, 9.17) is 0 Å². The molecule has 0 aromatic heterocycles. The third-order valence-corrected chi connectivity index (χ3v) is 6.68. The number of sulfone groups is 1. The summed E-state index contributed by atoms with van der Waals surface area (Å²) in [5.74, 6) is 0.519. The number of hydrogen-bond donors (Lipinski definition) is 0. The molecule has 4 nitrogen and oxygen atoms in total. The lowest BCUT2D eigenvalue weighted by atomic mass is 9.92. The molecule has 1 amide bonds. The van der Waals surface area contributed by atoms with Crippen LogP contribution < -0.4 is 0 Å². The van der Waals surface area contributed by atoms with Crippen LogP contribution in [-0.4, -0.2) is 37.6 Å². The van der Waals surface area contributed by atoms with E-state index in [0.717, 1.165) is 17.5 Å². The van der Waals surface area contributed by atoms with Crippen LogP contribution in [0.1, 0.15) is 38.3 Å². The largest absolute Gasteiger partial charge is 0.341 e. The minimum absolute atomic E-state index is 0.0779. The molecular weight excluding hydrogens is 310 g/mol. The Morgan fingerprint density at radius 1 is 1.22 bits per heavy atom. The van der Waals surface area contributed by atoms with Crippen LogP contribution in [0.3, 0.4) is 0 Å². The maximum absolute atomic E-state index is 12.7. The lowest BCUT2D eigenvalue weighted by Gasteiger charge is -2.36. The molecule has 0 bridgehead atoms. The van der Waals surface area contributed by atoms with E-state index in [9.17, 15) is 13.2 Å². The summed E-state index contributed by atoms with van der Waals surface area (Å²) in [4.78, 5) is 14.4. The van der Waals surface area contributed by atoms with Gasteiger partial charge in [0.15, 0.2) is 9.84 Å². The number of piperidine rings is 1. The predicted octanol–water partition coefficient (Wildman–Crippen LogP) is 2.80. The number of benzene rings is 1. The highest BCUT2D eigenvalue weighted by atomic mass is 32.2. The van der Waals surface area contributed by atoms with Crippen molar-refractivity contribution in [1.82, 2.24) is 4.90 Å². The van der Waals surface area contributed by atoms with Gasteiger partial charge in [-0.25, -0.2) is 8.42 Å². The van der Waals surface area contributed by atoms with Crippen LogP contribution in [0.15, 0.2) is 24.3 Å². The number of nitrogens with zero attached hydrogens (tertiary/aromatic N) is 1. The summed E-state index contributed by atoms with van der Waals surface area (Å²) >= 11 is 0. The fraction of sp³-hybridized carbons (Fsp3) is 0.611. The van der Waals surface area contributed by atoms with Gasteiger partial charge < -0.3 is 4.90 Å². The number of carbonyl (C=O) groups is 1. The second-order valence-electron chi connectivity index (χ2n) is 7.07. The van der Waals surface area contributed by atoms with Crippen LogP contribution in [-0.2, 0) is 20.4 Å². The molecule has 2 rings (SSSR count). The normalized spacial score (nSPS) is 23.6. The first-order valence-electron chi connectivity index (χ1n) is 8.25. The smallest absolute Gasteiger partial charge is 0.240 e. The van der Waals surface area contributed by atoms with Gasteiger partial charge in [0.1, 0.15) is 5.25 Å². The summed E-state index contributed by atoms with van der Waals surface area (Å²) in [7, 11) is -3.51. The third kappa shape index (κ3) is 4.34. The molecule has 0 N–H and O–H groups in total. The van der Waals surface area contributed by atoms with Gasteiger partial charge in [0, 0.05) is 13.1 Å². The number of rotatable bonds is 4. The Kier molecular flexibility index (Phi) is 5.50. The average molecular weight is 337 g/mol. The standard InChI is InChI=1S/C18H27NO3S/c1-13-9-14(2)11-19(10-13)18(20)16(4)23(21,22)12-17-8-6-5-7-15(17)3/h5-8,13-14,16H,9-12H2,1-4H3/t13-,14+,16-/m1/s1. The molecule has 1 fully saturated rings. The van der Waals surface area contributed by atoms with Crippen LogP contribution in [0, 0.1) is 18.8 Å². The molecule has 0 radical (unpaired) electrons. The first-order chi connectivity index (χ1) is 10.7. The minimum Gasteiger partial charge on any atom is -0.341 e. The molecule has 1 saturated heterocycles. The molecule has 0 unspecified atom stereocenters. The van der Waals surface area contributed by atoms with Gasteiger partial charge in [-0.05, 0) is 43.2 Å². The van der Waals surface area contributed by atoms with Crippen LogP contribution in [0.25, 0.3) is 0 Å². The number of hydrogen-bond acceptors (Lipinski definition) is 3. The van der Waals surface area contributed by atoms with Gasteiger partial charge >= 0.3 is 0 Å². The highest BCUT2D eigenvalue weighted by Gasteiger charge is 2.34. The van der Waals surface area contributed by atoms with Gasteiger partial charge in [-0.2, -0.15) is 0 Å². The second kappa shape index (κ2) is 7.04. The molecule has 0 saturated carbocycles. The monoisotopic (exact) mass is 337 g/mol. The van der Waals surface area contributed by atoms with Crippen LogP contribution in [0.4, 0.5) is 0 Å². The van der Waals surface area contributed by atoms with Crippen molar-refractivity contribution >= 4 is 15.7 Å². The van der Waals surface area contributed by atoms with Gasteiger partial charge in [-0.15, -0.1) is 0 Å². The maximum Gasteiger partial charge on any atom is 0.240 e. The highest BCUT2D eigenvalue weighted by molar-refractivity contribution is 7.92. The maximum atomic E-state index is 12.7. The van der Waals surface area contributed by atoms with Gasteiger partial charge in [0.2, 0.25) is 5.91 Å². The van der Waals surface area contributed by atoms with Crippen LogP contribution in [0.5, 0.6) is 0 Å². The van der Waals surface area contributed by atoms with E-state index in [2.05, 4.69) is 13.8 Å². The zero-order chi connectivity index (χ0) is 17.2. The van der Waals surface area contributed by atoms with Crippen molar-refractivity contribution in [2.24, 2.45) is 11.8 Å². The summed E-state index contributed by atoms with van der Waals surface area (Å²) in [6.45, 7) is 8.97. The Labute approximate surface area is 139 Å². The Morgan fingerprint density at radius 3 is 2.35 bits per heavy atom. The Morgan fingerprint density at radius 2 is 1.78 bits per heavy atom. The molecule has 0 spiro atoms. The lowest BCUT2D eigenvalue weighted by Crippen LogP contribution is -2.48. The first kappa shape index (κ1) is 18.0. The third-order valence-electron chi connectivity index (χ3n) is 4.68. The molecular formula is C18H27NO3S. The predicted molar refractivity (Wildman–Crippen MR) is 92.8 cm³/mol. The zero-order valence-electron chi connectivity index (χ0n) is 14.5. The molecule has 5 heteroatoms. The van der Waals surface area contributed by atoms with Crippen molar-refractivity contribution in [1.29, 1.82) is 0 Å². The summed E-state index contributed by atoms with van der Waals surface area (Å²) in [6.07, 6.45) is 1.09. The van der Waals surface area contributed by atoms with Crippen molar-refractivity contribution in [3.63, 3.8) is 0 Å². The molecule has 1 aliphatic heterocycles. The topological polar surface area (TPSA) is 54.5 Å². The number of aryl methyl sites for hydroxylation is 1. The van der Waals surface area contributed by atoms with Gasteiger partial charge in [0.25, 0.3) is 0 Å². The molecule has 1 heterocycles. The van der Waals surface area contributed by atoms with Gasteiger partial charge in [0.05, 0.1) is 5.75 Å². The van der Waals surface area contributed by atoms with Crippen molar-refractivity contribution < 1.29 is 13.2 Å². The minimum atomic E-state index is -3.51. The van der Waals surface area contributed by atoms with E-state index in [1.54, 1.807) is 4.90 Å². The van der Waals surface area contributed by atoms with E-state index >= 15 is 0 Å². The molecule has 1 aromatic rings. The van der Waals surface area contributed by atoms with Crippen molar-refractivity contribution in [2.75, 3.05) is 13.1 Å². The van der Waals surface area contributed by atoms with Crippen LogP contribution in [0.2, 0.25) is 0 Å². The number of amides is 1. The van der Waals surface area contributed by atoms with E-state index < -0.39 is 15.1 Å². The Balaban J connectivity index is 2.13. The summed E-state index contributed by atoms with van der Waals surface area (Å²) in [5.41, 5.74) is 1.71. The Hall–Kier alpha value is -1.36. The molecule has 0 aliphatic carbocycles. The lowest BCUT2D eigenvalue weighted by molar-refractivity contribution is -0.133. The zero-order valence-corrected chi connectivity index (χ0v) is 15.3. The van der Waals surface area contributed by atoms with Crippen molar-refractivity contribution in [2.45, 2.75) is 45.1 Å². The second-order valence-corrected chi connectivity index (χ2v) is 9.39. The number of carbonyl (C=O) groups excluding carboxylic acids is 1. The summed E-state index contributed by atoms with van der Waals surface area (Å²) in [5, 5.41) is -0.986. The van der Waals surface area contributed by atoms with E-state index in [1.165, 1.54) is 6.92 Å². The van der Waals surface area contributed by atoms with Crippen LogP contribution >= 0.6 is 0 Å². The SMILES string of the molecule is Cc1ccccc1CS(=O)(=O)[C@H](C)C(=O)N1C[C@H](C)C[C@H](C)C1. The molecule has 1 aromatic carbocycles. The average Bonchev–Trinajstić information content (AvgIpc) is 2.47. The van der Waals surface area contributed by atoms with Crippen molar-refractivity contribution in [3.8, 4) is 0 Å².